The second-order valence-corrected chi connectivity index (χ2v) is 5.46. The van der Waals surface area contributed by atoms with E-state index in [-0.39, 0.29) is 0 Å². The van der Waals surface area contributed by atoms with Crippen LogP contribution in [0.5, 0.6) is 0 Å². The highest BCUT2D eigenvalue weighted by Crippen LogP contribution is 2.19. The van der Waals surface area contributed by atoms with Gasteiger partial charge in [0.05, 0.1) is 5.69 Å². The molecule has 1 fully saturated rings. The quantitative estimate of drug-likeness (QED) is 0.822. The normalized spacial score (nSPS) is 21.6. The van der Waals surface area contributed by atoms with Crippen molar-refractivity contribution in [2.24, 2.45) is 0 Å². The molecule has 0 aromatic carbocycles. The van der Waals surface area contributed by atoms with Gasteiger partial charge >= 0.3 is 0 Å². The third-order valence-corrected chi connectivity index (χ3v) is 3.57. The maximum atomic E-state index is 5.65. The molecule has 5 nitrogen and oxygen atoms in total. The SMILES string of the molecule is CCCNCc1coc(N2CCCN(C)CC2C)n1. The number of oxazole rings is 1. The van der Waals surface area contributed by atoms with E-state index >= 15 is 0 Å². The van der Waals surface area contributed by atoms with E-state index in [0.717, 1.165) is 57.3 Å². The molecule has 1 N–H and O–H groups in total. The summed E-state index contributed by atoms with van der Waals surface area (Å²) in [4.78, 5) is 9.26. The minimum atomic E-state index is 0.447. The van der Waals surface area contributed by atoms with Gasteiger partial charge in [0.15, 0.2) is 0 Å². The minimum absolute atomic E-state index is 0.447. The fourth-order valence-electron chi connectivity index (χ4n) is 2.56. The van der Waals surface area contributed by atoms with Crippen molar-refractivity contribution in [1.29, 1.82) is 0 Å². The van der Waals surface area contributed by atoms with Crippen LogP contribution in [0.1, 0.15) is 32.4 Å². The summed E-state index contributed by atoms with van der Waals surface area (Å²) in [5.74, 6) is 0. The summed E-state index contributed by atoms with van der Waals surface area (Å²) in [6.07, 6.45) is 4.08. The van der Waals surface area contributed by atoms with Gasteiger partial charge < -0.3 is 19.5 Å². The van der Waals surface area contributed by atoms with Gasteiger partial charge in [0.1, 0.15) is 6.26 Å². The third kappa shape index (κ3) is 3.94. The van der Waals surface area contributed by atoms with Crippen molar-refractivity contribution >= 4 is 6.01 Å². The molecule has 2 rings (SSSR count). The number of nitrogens with zero attached hydrogens (tertiary/aromatic N) is 3. The number of rotatable bonds is 5. The van der Waals surface area contributed by atoms with E-state index in [1.54, 1.807) is 6.26 Å². The Bertz CT molecular complexity index is 379. The molecule has 1 aromatic rings. The van der Waals surface area contributed by atoms with Crippen LogP contribution in [0.3, 0.4) is 0 Å². The largest absolute Gasteiger partial charge is 0.432 e. The molecule has 0 amide bonds. The second kappa shape index (κ2) is 6.91. The molecule has 2 heterocycles. The van der Waals surface area contributed by atoms with Gasteiger partial charge in [0.2, 0.25) is 0 Å². The Hall–Kier alpha value is -1.07. The number of hydrogen-bond acceptors (Lipinski definition) is 5. The average molecular weight is 266 g/mol. The second-order valence-electron chi connectivity index (χ2n) is 5.46. The van der Waals surface area contributed by atoms with Crippen molar-refractivity contribution in [3.63, 3.8) is 0 Å². The molecule has 0 radical (unpaired) electrons. The van der Waals surface area contributed by atoms with E-state index < -0.39 is 0 Å². The standard InChI is InChI=1S/C14H26N4O/c1-4-6-15-9-13-11-19-14(16-13)18-8-5-7-17(3)10-12(18)2/h11-12,15H,4-10H2,1-3H3. The first kappa shape index (κ1) is 14.3. The summed E-state index contributed by atoms with van der Waals surface area (Å²) in [6, 6.07) is 1.22. The van der Waals surface area contributed by atoms with E-state index in [1.807, 2.05) is 0 Å². The smallest absolute Gasteiger partial charge is 0.297 e. The zero-order valence-electron chi connectivity index (χ0n) is 12.4. The van der Waals surface area contributed by atoms with Crippen molar-refractivity contribution in [3.8, 4) is 0 Å². The van der Waals surface area contributed by atoms with Crippen LogP contribution in [0.15, 0.2) is 10.7 Å². The highest BCUT2D eigenvalue weighted by molar-refractivity contribution is 5.29. The first-order valence-corrected chi connectivity index (χ1v) is 7.31. The Morgan fingerprint density at radius 2 is 2.32 bits per heavy atom. The summed E-state index contributed by atoms with van der Waals surface area (Å²) in [7, 11) is 2.18. The van der Waals surface area contributed by atoms with Gasteiger partial charge in [-0.1, -0.05) is 6.92 Å². The van der Waals surface area contributed by atoms with Crippen molar-refractivity contribution in [3.05, 3.63) is 12.0 Å². The van der Waals surface area contributed by atoms with E-state index in [4.69, 9.17) is 4.42 Å². The molecule has 0 spiro atoms. The average Bonchev–Trinajstić information content (AvgIpc) is 2.76. The first-order chi connectivity index (χ1) is 9.20. The van der Waals surface area contributed by atoms with Gasteiger partial charge in [0.25, 0.3) is 6.01 Å². The highest BCUT2D eigenvalue weighted by atomic mass is 16.4. The summed E-state index contributed by atoms with van der Waals surface area (Å²) >= 11 is 0. The van der Waals surface area contributed by atoms with E-state index in [0.29, 0.717) is 6.04 Å². The molecule has 1 aliphatic heterocycles. The predicted octanol–water partition coefficient (Wildman–Crippen LogP) is 1.70. The maximum absolute atomic E-state index is 5.65. The molecule has 0 saturated carbocycles. The lowest BCUT2D eigenvalue weighted by molar-refractivity contribution is 0.335. The lowest BCUT2D eigenvalue weighted by Gasteiger charge is -2.26. The van der Waals surface area contributed by atoms with Crippen LogP contribution in [0.25, 0.3) is 0 Å². The summed E-state index contributed by atoms with van der Waals surface area (Å²) < 4.78 is 5.65. The molecule has 5 heteroatoms. The third-order valence-electron chi connectivity index (χ3n) is 3.57. The molecule has 1 aliphatic rings. The Labute approximate surface area is 116 Å². The van der Waals surface area contributed by atoms with Crippen LogP contribution in [0.2, 0.25) is 0 Å². The Balaban J connectivity index is 1.96. The number of aromatic nitrogens is 1. The van der Waals surface area contributed by atoms with Crippen molar-refractivity contribution < 1.29 is 4.42 Å². The summed E-state index contributed by atoms with van der Waals surface area (Å²) in [5, 5.41) is 3.35. The zero-order valence-corrected chi connectivity index (χ0v) is 12.4. The van der Waals surface area contributed by atoms with Crippen molar-refractivity contribution in [2.75, 3.05) is 38.1 Å². The molecule has 1 saturated heterocycles. The molecular formula is C14H26N4O. The van der Waals surface area contributed by atoms with Crippen LogP contribution in [-0.2, 0) is 6.54 Å². The Morgan fingerprint density at radius 3 is 3.11 bits per heavy atom. The lowest BCUT2D eigenvalue weighted by atomic mass is 10.3. The van der Waals surface area contributed by atoms with Gasteiger partial charge in [-0.25, -0.2) is 0 Å². The fourth-order valence-corrected chi connectivity index (χ4v) is 2.56. The van der Waals surface area contributed by atoms with E-state index in [2.05, 4.69) is 41.0 Å². The topological polar surface area (TPSA) is 44.5 Å². The Kier molecular flexibility index (Phi) is 5.22. The van der Waals surface area contributed by atoms with E-state index in [9.17, 15) is 0 Å². The van der Waals surface area contributed by atoms with Gasteiger partial charge in [-0.05, 0) is 39.9 Å². The predicted molar refractivity (Wildman–Crippen MR) is 77.4 cm³/mol. The van der Waals surface area contributed by atoms with Gasteiger partial charge in [-0.3, -0.25) is 0 Å². The number of likely N-dealkylation sites (N-methyl/N-ethyl adjacent to an activating group) is 1. The molecule has 0 bridgehead atoms. The molecule has 1 aromatic heterocycles. The maximum Gasteiger partial charge on any atom is 0.297 e. The minimum Gasteiger partial charge on any atom is -0.432 e. The van der Waals surface area contributed by atoms with Crippen molar-refractivity contribution in [2.45, 2.75) is 39.3 Å². The molecule has 19 heavy (non-hydrogen) atoms. The highest BCUT2D eigenvalue weighted by Gasteiger charge is 2.23. The van der Waals surface area contributed by atoms with Crippen LogP contribution < -0.4 is 10.2 Å². The van der Waals surface area contributed by atoms with Crippen LogP contribution in [0.4, 0.5) is 6.01 Å². The number of hydrogen-bond donors (Lipinski definition) is 1. The zero-order chi connectivity index (χ0) is 13.7. The van der Waals surface area contributed by atoms with Crippen molar-refractivity contribution in [1.82, 2.24) is 15.2 Å². The molecule has 1 unspecified atom stereocenters. The number of nitrogens with one attached hydrogen (secondary N) is 1. The summed E-state index contributed by atoms with van der Waals surface area (Å²) in [5.41, 5.74) is 0.994. The van der Waals surface area contributed by atoms with Crippen LogP contribution >= 0.6 is 0 Å². The van der Waals surface area contributed by atoms with Crippen LogP contribution in [0, 0.1) is 0 Å². The fraction of sp³-hybridized carbons (Fsp3) is 0.786. The van der Waals surface area contributed by atoms with Gasteiger partial charge in [0, 0.05) is 25.7 Å². The Morgan fingerprint density at radius 1 is 1.47 bits per heavy atom. The van der Waals surface area contributed by atoms with Gasteiger partial charge in [-0.15, -0.1) is 0 Å². The van der Waals surface area contributed by atoms with Crippen LogP contribution in [-0.4, -0.2) is 49.2 Å². The summed E-state index contributed by atoms with van der Waals surface area (Å²) in [6.45, 7) is 9.44. The number of anilines is 1. The molecule has 0 aliphatic carbocycles. The van der Waals surface area contributed by atoms with E-state index in [1.165, 1.54) is 0 Å². The molecular weight excluding hydrogens is 240 g/mol. The molecule has 108 valence electrons. The monoisotopic (exact) mass is 266 g/mol. The lowest BCUT2D eigenvalue weighted by Crippen LogP contribution is -2.38. The first-order valence-electron chi connectivity index (χ1n) is 7.31. The molecule has 1 atom stereocenters. The van der Waals surface area contributed by atoms with Gasteiger partial charge in [-0.2, -0.15) is 4.98 Å².